The molecule has 0 bridgehead atoms. The predicted octanol–water partition coefficient (Wildman–Crippen LogP) is 5.03. The van der Waals surface area contributed by atoms with Gasteiger partial charge >= 0.3 is 6.09 Å². The Morgan fingerprint density at radius 1 is 1.34 bits per heavy atom. The van der Waals surface area contributed by atoms with Crippen LogP contribution in [0.3, 0.4) is 0 Å². The number of rotatable bonds is 8. The van der Waals surface area contributed by atoms with Gasteiger partial charge in [0, 0.05) is 32.0 Å². The second-order valence-corrected chi connectivity index (χ2v) is 14.6. The number of nitrogens with zero attached hydrogens (tertiary/aromatic N) is 4. The molecule has 0 saturated heterocycles. The highest BCUT2D eigenvalue weighted by molar-refractivity contribution is 7.99. The van der Waals surface area contributed by atoms with Crippen LogP contribution in [0.15, 0.2) is 40.6 Å². The second kappa shape index (κ2) is 9.12. The molecule has 29 heavy (non-hydrogen) atoms. The van der Waals surface area contributed by atoms with Gasteiger partial charge in [-0.05, 0) is 18.2 Å². The van der Waals surface area contributed by atoms with Crippen molar-refractivity contribution in [2.24, 2.45) is 0 Å². The fraction of sp³-hybridized carbons (Fsp3) is 0.333. The normalized spacial score (nSPS) is 11.7. The first kappa shape index (κ1) is 21.6. The number of nitrogens with one attached hydrogen (secondary N) is 1. The summed E-state index contributed by atoms with van der Waals surface area (Å²) in [7, 11) is -1.11. The molecule has 3 aromatic rings. The molecule has 0 saturated carbocycles. The van der Waals surface area contributed by atoms with Crippen LogP contribution >= 0.6 is 23.4 Å². The van der Waals surface area contributed by atoms with Crippen molar-refractivity contribution in [2.75, 3.05) is 11.9 Å². The van der Waals surface area contributed by atoms with E-state index in [4.69, 9.17) is 21.4 Å². The van der Waals surface area contributed by atoms with Crippen LogP contribution in [0.4, 0.5) is 10.6 Å². The zero-order chi connectivity index (χ0) is 21.0. The van der Waals surface area contributed by atoms with Crippen molar-refractivity contribution >= 4 is 54.5 Å². The van der Waals surface area contributed by atoms with Gasteiger partial charge in [0.2, 0.25) is 0 Å². The van der Waals surface area contributed by atoms with Gasteiger partial charge in [-0.15, -0.1) is 0 Å². The lowest BCUT2D eigenvalue weighted by molar-refractivity contribution is 0.0898. The highest BCUT2D eigenvalue weighted by Gasteiger charge is 2.14. The Kier molecular flexibility index (Phi) is 6.78. The summed E-state index contributed by atoms with van der Waals surface area (Å²) in [4.78, 5) is 24.5. The zero-order valence-corrected chi connectivity index (χ0v) is 18.9. The number of hydrogen-bond acceptors (Lipinski definition) is 6. The molecule has 3 aromatic heterocycles. The fourth-order valence-corrected chi connectivity index (χ4v) is 4.27. The molecule has 8 nitrogen and oxygen atoms in total. The molecule has 11 heteroatoms. The summed E-state index contributed by atoms with van der Waals surface area (Å²) < 4.78 is 7.72. The third-order valence-corrected chi connectivity index (χ3v) is 7.13. The molecular weight excluding hydrogens is 430 g/mol. The van der Waals surface area contributed by atoms with Gasteiger partial charge in [-0.2, -0.15) is 0 Å². The Labute approximate surface area is 178 Å². The van der Waals surface area contributed by atoms with E-state index in [9.17, 15) is 4.79 Å². The average Bonchev–Trinajstić information content (AvgIpc) is 3.03. The number of fused-ring (bicyclic) bond motifs is 1. The molecule has 0 aliphatic carbocycles. The number of aromatic nitrogens is 4. The Morgan fingerprint density at radius 2 is 2.14 bits per heavy atom. The van der Waals surface area contributed by atoms with Crippen LogP contribution in [0.2, 0.25) is 30.7 Å². The number of halogens is 1. The molecule has 0 radical (unpaired) electrons. The number of pyridine rings is 1. The maximum Gasteiger partial charge on any atom is 0.410 e. The van der Waals surface area contributed by atoms with Gasteiger partial charge in [0.25, 0.3) is 0 Å². The van der Waals surface area contributed by atoms with E-state index in [1.54, 1.807) is 12.3 Å². The standard InChI is InChI=1S/C18H22ClN5O3SSi/c1-29(2,3)9-8-27-11-24-7-5-12-17(24)21-10-14(22-12)28-13-4-6-20-16(15(13)19)23-18(25)26/h4-7,10H,8-9,11H2,1-3H3,(H,20,23)(H,25,26). The minimum Gasteiger partial charge on any atom is -0.465 e. The number of ether oxygens (including phenoxy) is 1. The van der Waals surface area contributed by atoms with Crippen LogP contribution < -0.4 is 5.32 Å². The first-order valence-corrected chi connectivity index (χ1v) is 13.8. The molecule has 2 N–H and O–H groups in total. The lowest BCUT2D eigenvalue weighted by Crippen LogP contribution is -2.22. The monoisotopic (exact) mass is 451 g/mol. The van der Waals surface area contributed by atoms with E-state index in [1.807, 2.05) is 16.8 Å². The van der Waals surface area contributed by atoms with Gasteiger partial charge in [-0.1, -0.05) is 43.0 Å². The van der Waals surface area contributed by atoms with Gasteiger partial charge in [-0.3, -0.25) is 5.32 Å². The summed E-state index contributed by atoms with van der Waals surface area (Å²) in [6.45, 7) is 8.14. The Morgan fingerprint density at radius 3 is 2.86 bits per heavy atom. The molecule has 0 aliphatic heterocycles. The maximum absolute atomic E-state index is 10.8. The van der Waals surface area contributed by atoms with Gasteiger partial charge < -0.3 is 14.4 Å². The van der Waals surface area contributed by atoms with E-state index >= 15 is 0 Å². The van der Waals surface area contributed by atoms with Crippen LogP contribution in [-0.4, -0.2) is 45.4 Å². The van der Waals surface area contributed by atoms with E-state index in [0.717, 1.165) is 23.8 Å². The minimum atomic E-state index is -1.23. The van der Waals surface area contributed by atoms with Crippen molar-refractivity contribution in [1.82, 2.24) is 19.5 Å². The maximum atomic E-state index is 10.8. The van der Waals surface area contributed by atoms with Crippen molar-refractivity contribution in [1.29, 1.82) is 0 Å². The summed E-state index contributed by atoms with van der Waals surface area (Å²) >= 11 is 7.54. The van der Waals surface area contributed by atoms with Crippen molar-refractivity contribution in [3.8, 4) is 0 Å². The van der Waals surface area contributed by atoms with Gasteiger partial charge in [0.1, 0.15) is 17.3 Å². The summed E-state index contributed by atoms with van der Waals surface area (Å²) in [5.41, 5.74) is 1.49. The molecule has 0 spiro atoms. The average molecular weight is 452 g/mol. The molecule has 1 amide bonds. The molecule has 0 fully saturated rings. The Bertz CT molecular complexity index is 1020. The topological polar surface area (TPSA) is 102 Å². The van der Waals surface area contributed by atoms with Gasteiger partial charge in [-0.25, -0.2) is 19.7 Å². The molecular formula is C18H22ClN5O3SSi. The van der Waals surface area contributed by atoms with Crippen molar-refractivity contribution in [2.45, 2.75) is 42.3 Å². The first-order valence-electron chi connectivity index (χ1n) is 8.95. The first-order chi connectivity index (χ1) is 13.7. The van der Waals surface area contributed by atoms with Crippen LogP contribution in [0.25, 0.3) is 11.2 Å². The van der Waals surface area contributed by atoms with Crippen molar-refractivity contribution in [3.05, 3.63) is 35.7 Å². The smallest absolute Gasteiger partial charge is 0.410 e. The lowest BCUT2D eigenvalue weighted by atomic mass is 10.4. The number of anilines is 1. The third kappa shape index (κ3) is 5.92. The van der Waals surface area contributed by atoms with Crippen LogP contribution in [0.1, 0.15) is 0 Å². The molecule has 0 unspecified atom stereocenters. The predicted molar refractivity (Wildman–Crippen MR) is 117 cm³/mol. The largest absolute Gasteiger partial charge is 0.465 e. The zero-order valence-electron chi connectivity index (χ0n) is 16.3. The Balaban J connectivity index is 1.71. The van der Waals surface area contributed by atoms with E-state index in [1.165, 1.54) is 18.0 Å². The number of amides is 1. The van der Waals surface area contributed by atoms with Crippen molar-refractivity contribution < 1.29 is 14.6 Å². The molecule has 3 rings (SSSR count). The van der Waals surface area contributed by atoms with Crippen molar-refractivity contribution in [3.63, 3.8) is 0 Å². The van der Waals surface area contributed by atoms with Crippen LogP contribution in [0.5, 0.6) is 0 Å². The SMILES string of the molecule is C[Si](C)(C)CCOCn1ccc2nc(Sc3ccnc(NC(=O)O)c3Cl)cnc21. The summed E-state index contributed by atoms with van der Waals surface area (Å²) in [6, 6.07) is 4.70. The summed E-state index contributed by atoms with van der Waals surface area (Å²) in [5, 5.41) is 11.9. The summed E-state index contributed by atoms with van der Waals surface area (Å²) in [6.07, 6.45) is 3.82. The van der Waals surface area contributed by atoms with Crippen LogP contribution in [-0.2, 0) is 11.5 Å². The molecule has 0 aliphatic rings. The molecule has 3 heterocycles. The van der Waals surface area contributed by atoms with Gasteiger partial charge in [0.05, 0.1) is 11.2 Å². The van der Waals surface area contributed by atoms with Gasteiger partial charge in [0.15, 0.2) is 11.5 Å². The highest BCUT2D eigenvalue weighted by atomic mass is 35.5. The minimum absolute atomic E-state index is 0.0832. The number of hydrogen-bond donors (Lipinski definition) is 2. The number of carboxylic acid groups (broad SMARTS) is 1. The van der Waals surface area contributed by atoms with E-state index in [2.05, 4.69) is 39.9 Å². The van der Waals surface area contributed by atoms with E-state index in [-0.39, 0.29) is 10.8 Å². The molecule has 154 valence electrons. The third-order valence-electron chi connectivity index (χ3n) is 3.96. The quantitative estimate of drug-likeness (QED) is 0.365. The van der Waals surface area contributed by atoms with E-state index in [0.29, 0.717) is 16.7 Å². The van der Waals surface area contributed by atoms with E-state index < -0.39 is 14.2 Å². The molecule has 0 aromatic carbocycles. The fourth-order valence-electron chi connectivity index (χ4n) is 2.44. The van der Waals surface area contributed by atoms with Crippen LogP contribution in [0, 0.1) is 0 Å². The lowest BCUT2D eigenvalue weighted by Gasteiger charge is -2.15. The second-order valence-electron chi connectivity index (χ2n) is 7.55. The number of carbonyl (C=O) groups is 1. The molecule has 0 atom stereocenters. The highest BCUT2D eigenvalue weighted by Crippen LogP contribution is 2.35. The summed E-state index contributed by atoms with van der Waals surface area (Å²) in [5.74, 6) is 0.0832. The Hall–Kier alpha value is -2.14.